The quantitative estimate of drug-likeness (QED) is 0.175. The zero-order valence-corrected chi connectivity index (χ0v) is 27.6. The van der Waals surface area contributed by atoms with E-state index in [1.807, 2.05) is 6.07 Å². The zero-order valence-electron chi connectivity index (χ0n) is 27.6. The van der Waals surface area contributed by atoms with Crippen LogP contribution in [0.5, 0.6) is 0 Å². The second-order valence-corrected chi connectivity index (χ2v) is 13.5. The molecule has 3 heterocycles. The van der Waals surface area contributed by atoms with Crippen molar-refractivity contribution in [3.63, 3.8) is 0 Å². The smallest absolute Gasteiger partial charge is 0.144 e. The number of amidine groups is 1. The predicted octanol–water partition coefficient (Wildman–Crippen LogP) is 9.78. The summed E-state index contributed by atoms with van der Waals surface area (Å²) in [5, 5.41) is 9.88. The fourth-order valence-electron chi connectivity index (χ4n) is 8.26. The van der Waals surface area contributed by atoms with Crippen LogP contribution in [0.4, 0.5) is 0 Å². The van der Waals surface area contributed by atoms with E-state index in [-0.39, 0.29) is 17.7 Å². The van der Waals surface area contributed by atoms with Gasteiger partial charge in [-0.25, -0.2) is 4.99 Å². The van der Waals surface area contributed by atoms with Crippen LogP contribution in [0.25, 0.3) is 38.8 Å². The average molecular weight is 646 g/mol. The summed E-state index contributed by atoms with van der Waals surface area (Å²) < 4.78 is 2.39. The maximum absolute atomic E-state index is 5.19. The largest absolute Gasteiger partial charge is 0.350 e. The van der Waals surface area contributed by atoms with Crippen molar-refractivity contribution in [1.82, 2.24) is 20.2 Å². The molecular weight excluding hydrogens is 611 g/mol. The van der Waals surface area contributed by atoms with Crippen LogP contribution in [0, 0.1) is 0 Å². The third-order valence-electron chi connectivity index (χ3n) is 10.7. The normalized spacial score (nSPS) is 19.6. The van der Waals surface area contributed by atoms with Crippen molar-refractivity contribution in [3.8, 4) is 16.9 Å². The van der Waals surface area contributed by atoms with Crippen molar-refractivity contribution in [2.24, 2.45) is 4.99 Å². The Morgan fingerprint density at radius 3 is 2.12 bits per heavy atom. The van der Waals surface area contributed by atoms with Gasteiger partial charge in [-0.15, -0.1) is 0 Å². The van der Waals surface area contributed by atoms with Crippen molar-refractivity contribution in [1.29, 1.82) is 0 Å². The summed E-state index contributed by atoms with van der Waals surface area (Å²) in [5.74, 6) is 1.88. The van der Waals surface area contributed by atoms with Gasteiger partial charge >= 0.3 is 0 Å². The number of fused-ring (bicyclic) bond motifs is 6. The summed E-state index contributed by atoms with van der Waals surface area (Å²) in [6.45, 7) is 2.38. The van der Waals surface area contributed by atoms with Crippen LogP contribution in [-0.4, -0.2) is 15.4 Å². The lowest BCUT2D eigenvalue weighted by Crippen LogP contribution is -2.45. The van der Waals surface area contributed by atoms with E-state index in [4.69, 9.17) is 4.99 Å². The molecule has 0 saturated carbocycles. The molecule has 10 rings (SSSR count). The third kappa shape index (κ3) is 4.34. The lowest BCUT2D eigenvalue weighted by molar-refractivity contribution is 0.404. The number of aromatic nitrogens is 2. The maximum Gasteiger partial charge on any atom is 0.144 e. The first kappa shape index (κ1) is 28.8. The fraction of sp³-hybridized carbons (Fsp3) is 0.0889. The third-order valence-corrected chi connectivity index (χ3v) is 10.7. The Morgan fingerprint density at radius 2 is 1.30 bits per heavy atom. The average Bonchev–Trinajstić information content (AvgIpc) is 3.87. The SMILES string of the molecule is CC1(c2ccccc2)c2ccccc2-c2cc3c4ccccc4n(-c4ccc(C5N=C(c6ccccc6)NC(c6ccccc6)N5)[nH]4)c3cc21. The van der Waals surface area contributed by atoms with E-state index in [2.05, 4.69) is 185 Å². The van der Waals surface area contributed by atoms with Gasteiger partial charge in [0, 0.05) is 21.8 Å². The molecule has 8 aromatic rings. The molecular formula is C45H35N5. The number of hydrogen-bond acceptors (Lipinski definition) is 3. The van der Waals surface area contributed by atoms with Gasteiger partial charge in [-0.1, -0.05) is 133 Å². The van der Waals surface area contributed by atoms with Gasteiger partial charge in [0.2, 0.25) is 0 Å². The van der Waals surface area contributed by atoms with Gasteiger partial charge in [0.05, 0.1) is 16.7 Å². The van der Waals surface area contributed by atoms with Crippen LogP contribution in [-0.2, 0) is 5.41 Å². The molecule has 240 valence electrons. The molecule has 0 saturated heterocycles. The number of nitrogens with one attached hydrogen (secondary N) is 3. The molecule has 0 bridgehead atoms. The molecule has 0 fully saturated rings. The summed E-state index contributed by atoms with van der Waals surface area (Å²) in [7, 11) is 0. The van der Waals surface area contributed by atoms with Gasteiger partial charge in [-0.2, -0.15) is 0 Å². The van der Waals surface area contributed by atoms with Crippen LogP contribution >= 0.6 is 0 Å². The highest BCUT2D eigenvalue weighted by atomic mass is 15.3. The monoisotopic (exact) mass is 645 g/mol. The van der Waals surface area contributed by atoms with E-state index in [1.54, 1.807) is 0 Å². The molecule has 2 aliphatic rings. The summed E-state index contributed by atoms with van der Waals surface area (Å²) in [4.78, 5) is 9.01. The van der Waals surface area contributed by atoms with E-state index in [0.717, 1.165) is 28.5 Å². The van der Waals surface area contributed by atoms with E-state index >= 15 is 0 Å². The zero-order chi connectivity index (χ0) is 33.2. The molecule has 1 aliphatic heterocycles. The Bertz CT molecular complexity index is 2560. The second kappa shape index (κ2) is 11.2. The number of aromatic amines is 1. The minimum Gasteiger partial charge on any atom is -0.350 e. The van der Waals surface area contributed by atoms with E-state index in [0.29, 0.717) is 0 Å². The summed E-state index contributed by atoms with van der Waals surface area (Å²) in [6.07, 6.45) is -0.382. The molecule has 3 N–H and O–H groups in total. The highest BCUT2D eigenvalue weighted by Crippen LogP contribution is 2.54. The Labute approximate surface area is 291 Å². The fourth-order valence-corrected chi connectivity index (χ4v) is 8.26. The minimum atomic E-state index is -0.280. The van der Waals surface area contributed by atoms with E-state index < -0.39 is 0 Å². The molecule has 1 aliphatic carbocycles. The topological polar surface area (TPSA) is 57.1 Å². The van der Waals surface area contributed by atoms with Crippen LogP contribution in [0.2, 0.25) is 0 Å². The molecule has 2 aromatic heterocycles. The lowest BCUT2D eigenvalue weighted by Gasteiger charge is -2.31. The van der Waals surface area contributed by atoms with E-state index in [9.17, 15) is 0 Å². The number of H-pyrrole nitrogens is 1. The first-order valence-corrected chi connectivity index (χ1v) is 17.3. The number of aliphatic imine (C=N–C) groups is 1. The lowest BCUT2D eigenvalue weighted by atomic mass is 9.74. The van der Waals surface area contributed by atoms with Gasteiger partial charge < -0.3 is 10.3 Å². The van der Waals surface area contributed by atoms with Crippen molar-refractivity contribution in [3.05, 3.63) is 197 Å². The van der Waals surface area contributed by atoms with Gasteiger partial charge in [0.15, 0.2) is 0 Å². The van der Waals surface area contributed by atoms with Crippen molar-refractivity contribution in [2.75, 3.05) is 0 Å². The first-order valence-electron chi connectivity index (χ1n) is 17.3. The van der Waals surface area contributed by atoms with Crippen molar-refractivity contribution >= 4 is 27.6 Å². The number of benzene rings is 6. The molecule has 6 aromatic carbocycles. The summed E-state index contributed by atoms with van der Waals surface area (Å²) >= 11 is 0. The minimum absolute atomic E-state index is 0.103. The van der Waals surface area contributed by atoms with Gasteiger partial charge in [0.25, 0.3) is 0 Å². The maximum atomic E-state index is 5.19. The number of hydrogen-bond donors (Lipinski definition) is 3. The molecule has 0 spiro atoms. The second-order valence-electron chi connectivity index (χ2n) is 13.5. The number of rotatable bonds is 5. The molecule has 3 atom stereocenters. The summed E-state index contributed by atoms with van der Waals surface area (Å²) in [5.41, 5.74) is 11.9. The molecule has 5 heteroatoms. The Morgan fingerprint density at radius 1 is 0.600 bits per heavy atom. The number of para-hydroxylation sites is 1. The molecule has 5 nitrogen and oxygen atoms in total. The Hall–Kier alpha value is -6.17. The van der Waals surface area contributed by atoms with Crippen LogP contribution < -0.4 is 10.6 Å². The molecule has 50 heavy (non-hydrogen) atoms. The van der Waals surface area contributed by atoms with Gasteiger partial charge in [-0.3, -0.25) is 9.88 Å². The Kier molecular flexibility index (Phi) is 6.45. The molecule has 0 radical (unpaired) electrons. The van der Waals surface area contributed by atoms with Crippen molar-refractivity contribution < 1.29 is 0 Å². The van der Waals surface area contributed by atoms with Crippen LogP contribution in [0.3, 0.4) is 0 Å². The number of nitrogens with zero attached hydrogens (tertiary/aromatic N) is 2. The van der Waals surface area contributed by atoms with E-state index in [1.165, 1.54) is 49.6 Å². The highest BCUT2D eigenvalue weighted by molar-refractivity contribution is 6.11. The van der Waals surface area contributed by atoms with Crippen LogP contribution in [0.1, 0.15) is 52.8 Å². The predicted molar refractivity (Wildman–Crippen MR) is 204 cm³/mol. The van der Waals surface area contributed by atoms with Gasteiger partial charge in [-0.05, 0) is 70.6 Å². The van der Waals surface area contributed by atoms with Crippen molar-refractivity contribution in [2.45, 2.75) is 24.7 Å². The molecule has 0 amide bonds. The highest BCUT2D eigenvalue weighted by Gasteiger charge is 2.41. The standard InChI is InChI=1S/C45H35N5/c1-45(31-19-9-4-10-20-31)36-23-13-11-21-32(36)34-27-35-33-22-12-14-24-39(33)50(40(35)28-37(34)45)41-26-25-38(46-41)44-48-42(29-15-5-2-6-16-29)47-43(49-44)30-17-7-3-8-18-30/h2-28,42,44,46,48H,1H3,(H,47,49). The molecule has 3 unspecified atom stereocenters. The van der Waals surface area contributed by atoms with Crippen LogP contribution in [0.15, 0.2) is 169 Å². The first-order chi connectivity index (χ1) is 24.7. The Balaban J connectivity index is 1.14. The summed E-state index contributed by atoms with van der Waals surface area (Å²) in [6, 6.07) is 58.7. The van der Waals surface area contributed by atoms with Gasteiger partial charge in [0.1, 0.15) is 24.0 Å².